The molecule has 1 unspecified atom stereocenters. The lowest BCUT2D eigenvalue weighted by Crippen LogP contribution is -2.29. The van der Waals surface area contributed by atoms with Crippen molar-refractivity contribution in [1.29, 1.82) is 0 Å². The highest BCUT2D eigenvalue weighted by molar-refractivity contribution is 7.47. The number of aliphatic hydroxyl groups is 3. The summed E-state index contributed by atoms with van der Waals surface area (Å²) in [5.74, 6) is -1.05. The Hall–Kier alpha value is -2.89. The highest BCUT2D eigenvalue weighted by atomic mass is 31.2. The lowest BCUT2D eigenvalue weighted by atomic mass is 10.1. The molecule has 332 valence electrons. The van der Waals surface area contributed by atoms with E-state index in [-0.39, 0.29) is 25.6 Å². The van der Waals surface area contributed by atoms with Crippen LogP contribution in [0.1, 0.15) is 149 Å². The maximum atomic E-state index is 12.6. The number of ether oxygens (including phenoxy) is 2. The molecule has 0 amide bonds. The molecule has 0 aromatic rings. The number of rotatable bonds is 39. The predicted octanol–water partition coefficient (Wildman–Crippen LogP) is 10.4. The number of unbranched alkanes of at least 4 members (excludes halogenated alkanes) is 9. The molecule has 0 aliphatic heterocycles. The molecular weight excluding hydrogens is 759 g/mol. The fourth-order valence-electron chi connectivity index (χ4n) is 5.19. The second-order valence-corrected chi connectivity index (χ2v) is 15.6. The molecule has 58 heavy (non-hydrogen) atoms. The van der Waals surface area contributed by atoms with E-state index in [0.29, 0.717) is 19.3 Å². The molecule has 4 atom stereocenters. The highest BCUT2D eigenvalue weighted by Gasteiger charge is 2.27. The number of hydrogen-bond donors (Lipinski definition) is 4. The first-order valence-electron chi connectivity index (χ1n) is 21.6. The zero-order chi connectivity index (χ0) is 42.8. The molecule has 0 radical (unpaired) electrons. The van der Waals surface area contributed by atoms with Crippen molar-refractivity contribution >= 4 is 19.8 Å². The minimum absolute atomic E-state index is 0.0816. The van der Waals surface area contributed by atoms with Crippen molar-refractivity contribution < 1.29 is 52.9 Å². The van der Waals surface area contributed by atoms with Gasteiger partial charge in [-0.3, -0.25) is 18.6 Å². The van der Waals surface area contributed by atoms with Crippen LogP contribution < -0.4 is 0 Å². The van der Waals surface area contributed by atoms with Crippen LogP contribution in [0.5, 0.6) is 0 Å². The number of allylic oxidation sites excluding steroid dienone is 13. The molecule has 0 aliphatic carbocycles. The topological polar surface area (TPSA) is 169 Å². The molecule has 12 heteroatoms. The number of aliphatic hydroxyl groups excluding tert-OH is 3. The first kappa shape index (κ1) is 55.1. The summed E-state index contributed by atoms with van der Waals surface area (Å²) >= 11 is 0. The van der Waals surface area contributed by atoms with E-state index < -0.39 is 51.8 Å². The van der Waals surface area contributed by atoms with Gasteiger partial charge in [0, 0.05) is 12.8 Å². The van der Waals surface area contributed by atoms with Crippen LogP contribution in [0.15, 0.2) is 85.1 Å². The molecule has 0 fully saturated rings. The average Bonchev–Trinajstić information content (AvgIpc) is 3.21. The Labute approximate surface area is 350 Å². The van der Waals surface area contributed by atoms with Gasteiger partial charge in [0.1, 0.15) is 12.7 Å². The summed E-state index contributed by atoms with van der Waals surface area (Å²) in [6, 6.07) is 0. The zero-order valence-electron chi connectivity index (χ0n) is 35.6. The van der Waals surface area contributed by atoms with Gasteiger partial charge in [0.25, 0.3) is 0 Å². The van der Waals surface area contributed by atoms with Gasteiger partial charge in [-0.1, -0.05) is 137 Å². The maximum Gasteiger partial charge on any atom is 0.472 e. The van der Waals surface area contributed by atoms with Crippen LogP contribution in [-0.2, 0) is 32.7 Å². The molecule has 0 aromatic carbocycles. The SMILES string of the molecule is CCCCC/C=C\C/C=C\C/C=C\CCCCCCC(=O)OC[C@H](COP(=O)(O)OC[C@@H](O)CO)OC(=O)CCC/C=C\C/C=C\C/C=C\C/C=C\[C@H](O)CCCC. The Kier molecular flexibility index (Phi) is 38.8. The quantitative estimate of drug-likeness (QED) is 0.0201. The van der Waals surface area contributed by atoms with Gasteiger partial charge in [0.2, 0.25) is 0 Å². The molecule has 0 aromatic heterocycles. The monoisotopic (exact) mass is 837 g/mol. The molecule has 0 aliphatic rings. The normalized spacial score (nSPS) is 15.2. The molecule has 0 rings (SSSR count). The number of phosphoric ester groups is 1. The van der Waals surface area contributed by atoms with E-state index in [2.05, 4.69) is 79.1 Å². The van der Waals surface area contributed by atoms with Gasteiger partial charge in [-0.15, -0.1) is 0 Å². The number of hydrogen-bond acceptors (Lipinski definition) is 10. The minimum atomic E-state index is -4.65. The molecule has 0 bridgehead atoms. The lowest BCUT2D eigenvalue weighted by Gasteiger charge is -2.20. The van der Waals surface area contributed by atoms with Gasteiger partial charge in [-0.2, -0.15) is 0 Å². The Balaban J connectivity index is 4.49. The second kappa shape index (κ2) is 40.9. The van der Waals surface area contributed by atoms with Crippen LogP contribution in [0.4, 0.5) is 0 Å². The summed E-state index contributed by atoms with van der Waals surface area (Å²) in [6.45, 7) is 2.07. The molecular formula is C46H77O11P. The van der Waals surface area contributed by atoms with E-state index in [1.165, 1.54) is 19.3 Å². The van der Waals surface area contributed by atoms with Crippen molar-refractivity contribution in [2.45, 2.75) is 167 Å². The number of carbonyl (C=O) groups is 2. The molecule has 0 saturated carbocycles. The van der Waals surface area contributed by atoms with Crippen LogP contribution in [0.25, 0.3) is 0 Å². The van der Waals surface area contributed by atoms with E-state index in [0.717, 1.165) is 83.5 Å². The van der Waals surface area contributed by atoms with Gasteiger partial charge >= 0.3 is 19.8 Å². The van der Waals surface area contributed by atoms with Crippen molar-refractivity contribution in [3.8, 4) is 0 Å². The van der Waals surface area contributed by atoms with E-state index >= 15 is 0 Å². The van der Waals surface area contributed by atoms with E-state index in [4.69, 9.17) is 19.1 Å². The molecule has 0 saturated heterocycles. The fraction of sp³-hybridized carbons (Fsp3) is 0.652. The second-order valence-electron chi connectivity index (χ2n) is 14.2. The highest BCUT2D eigenvalue weighted by Crippen LogP contribution is 2.43. The smallest absolute Gasteiger partial charge is 0.462 e. The fourth-order valence-corrected chi connectivity index (χ4v) is 5.98. The van der Waals surface area contributed by atoms with Crippen molar-refractivity contribution in [3.05, 3.63) is 85.1 Å². The van der Waals surface area contributed by atoms with Crippen molar-refractivity contribution in [2.24, 2.45) is 0 Å². The lowest BCUT2D eigenvalue weighted by molar-refractivity contribution is -0.161. The number of esters is 2. The summed E-state index contributed by atoms with van der Waals surface area (Å²) in [6.07, 6.45) is 44.6. The van der Waals surface area contributed by atoms with Crippen molar-refractivity contribution in [3.63, 3.8) is 0 Å². The van der Waals surface area contributed by atoms with Gasteiger partial charge < -0.3 is 29.7 Å². The van der Waals surface area contributed by atoms with Crippen LogP contribution in [0, 0.1) is 0 Å². The molecule has 11 nitrogen and oxygen atoms in total. The summed E-state index contributed by atoms with van der Waals surface area (Å²) in [4.78, 5) is 35.0. The van der Waals surface area contributed by atoms with Gasteiger partial charge in [0.15, 0.2) is 6.10 Å². The number of carbonyl (C=O) groups excluding carboxylic acids is 2. The molecule has 4 N–H and O–H groups in total. The van der Waals surface area contributed by atoms with Crippen LogP contribution in [0.3, 0.4) is 0 Å². The Morgan fingerprint density at radius 1 is 0.569 bits per heavy atom. The largest absolute Gasteiger partial charge is 0.472 e. The zero-order valence-corrected chi connectivity index (χ0v) is 36.5. The van der Waals surface area contributed by atoms with E-state index in [9.17, 15) is 29.3 Å². The maximum absolute atomic E-state index is 12.6. The Morgan fingerprint density at radius 2 is 1.05 bits per heavy atom. The first-order chi connectivity index (χ1) is 28.1. The van der Waals surface area contributed by atoms with Crippen molar-refractivity contribution in [2.75, 3.05) is 26.4 Å². The third-order valence-electron chi connectivity index (χ3n) is 8.59. The molecule has 0 heterocycles. The van der Waals surface area contributed by atoms with Crippen LogP contribution >= 0.6 is 7.82 Å². The molecule has 0 spiro atoms. The Morgan fingerprint density at radius 3 is 1.62 bits per heavy atom. The van der Waals surface area contributed by atoms with Gasteiger partial charge in [-0.05, 0) is 83.5 Å². The summed E-state index contributed by atoms with van der Waals surface area (Å²) in [5.41, 5.74) is 0. The first-order valence-corrected chi connectivity index (χ1v) is 23.1. The van der Waals surface area contributed by atoms with Gasteiger partial charge in [-0.25, -0.2) is 4.57 Å². The van der Waals surface area contributed by atoms with E-state index in [1.807, 2.05) is 24.3 Å². The third-order valence-corrected chi connectivity index (χ3v) is 9.54. The standard InChI is InChI=1S/C46H77O11P/c1-3-5-7-8-9-10-11-12-13-14-15-16-20-23-26-29-32-36-45(50)54-40-44(41-56-58(52,53)55-39-43(49)38-47)57-46(51)37-33-30-27-24-21-18-17-19-22-25-28-31-35-42(48)34-6-4-2/h9-10,12-13,15-18,22,24-25,27,31,35,42-44,47-49H,3-8,11,14,19-21,23,26,28-30,32-34,36-41H2,1-2H3,(H,52,53)/b10-9-,13-12-,16-15-,18-17-,25-22-,27-24-,35-31-/t42-,43+,44-/m1/s1. The Bertz CT molecular complexity index is 1250. The third kappa shape index (κ3) is 39.9. The minimum Gasteiger partial charge on any atom is -0.462 e. The van der Waals surface area contributed by atoms with E-state index in [1.54, 1.807) is 0 Å². The van der Waals surface area contributed by atoms with Gasteiger partial charge in [0.05, 0.1) is 25.9 Å². The number of phosphoric acid groups is 1. The average molecular weight is 837 g/mol. The van der Waals surface area contributed by atoms with Crippen LogP contribution in [-0.4, -0.2) is 76.9 Å². The summed E-state index contributed by atoms with van der Waals surface area (Å²) < 4.78 is 32.6. The van der Waals surface area contributed by atoms with Crippen molar-refractivity contribution in [1.82, 2.24) is 0 Å². The predicted molar refractivity (Wildman–Crippen MR) is 234 cm³/mol. The van der Waals surface area contributed by atoms with Crippen LogP contribution in [0.2, 0.25) is 0 Å². The summed E-state index contributed by atoms with van der Waals surface area (Å²) in [5, 5.41) is 28.1. The summed E-state index contributed by atoms with van der Waals surface area (Å²) in [7, 11) is -4.65.